The van der Waals surface area contributed by atoms with E-state index < -0.39 is 5.91 Å². The molecule has 0 spiro atoms. The molecule has 0 saturated carbocycles. The van der Waals surface area contributed by atoms with E-state index >= 15 is 0 Å². The molecule has 3 amide bonds. The highest BCUT2D eigenvalue weighted by atomic mass is 32.1. The van der Waals surface area contributed by atoms with Gasteiger partial charge in [-0.1, -0.05) is 60.7 Å². The first-order valence-corrected chi connectivity index (χ1v) is 10.1. The fourth-order valence-corrected chi connectivity index (χ4v) is 3.15. The summed E-state index contributed by atoms with van der Waals surface area (Å²) in [4.78, 5) is 36.1. The molecule has 0 bridgehead atoms. The van der Waals surface area contributed by atoms with E-state index in [2.05, 4.69) is 21.5 Å². The van der Waals surface area contributed by atoms with Crippen molar-refractivity contribution in [2.75, 3.05) is 5.32 Å². The van der Waals surface area contributed by atoms with Gasteiger partial charge in [-0.25, -0.2) is 0 Å². The van der Waals surface area contributed by atoms with Crippen molar-refractivity contribution in [3.63, 3.8) is 0 Å². The van der Waals surface area contributed by atoms with Gasteiger partial charge < -0.3 is 10.6 Å². The largest absolute Gasteiger partial charge is 0.326 e. The van der Waals surface area contributed by atoms with E-state index in [0.717, 1.165) is 16.3 Å². The first-order valence-electron chi connectivity index (χ1n) is 9.71. The van der Waals surface area contributed by atoms with Crippen molar-refractivity contribution in [1.82, 2.24) is 16.2 Å². The van der Waals surface area contributed by atoms with Gasteiger partial charge in [0.25, 0.3) is 0 Å². The van der Waals surface area contributed by atoms with Crippen LogP contribution >= 0.6 is 12.2 Å². The van der Waals surface area contributed by atoms with Gasteiger partial charge in [-0.05, 0) is 40.7 Å². The lowest BCUT2D eigenvalue weighted by molar-refractivity contribution is -0.124. The average Bonchev–Trinajstić information content (AvgIpc) is 2.77. The Kier molecular flexibility index (Phi) is 7.67. The fraction of sp³-hybridized carbons (Fsp3) is 0.130. The zero-order chi connectivity index (χ0) is 22.1. The predicted molar refractivity (Wildman–Crippen MR) is 124 cm³/mol. The maximum atomic E-state index is 12.3. The molecular formula is C23H22N4O3S. The second-order valence-corrected chi connectivity index (χ2v) is 7.19. The molecule has 0 aliphatic carbocycles. The van der Waals surface area contributed by atoms with Crippen LogP contribution in [0.2, 0.25) is 0 Å². The number of thiocarbonyl (C=S) groups is 1. The summed E-state index contributed by atoms with van der Waals surface area (Å²) < 4.78 is 0. The summed E-state index contributed by atoms with van der Waals surface area (Å²) in [7, 11) is 0. The number of fused-ring (bicyclic) bond motifs is 1. The van der Waals surface area contributed by atoms with Crippen LogP contribution in [0.5, 0.6) is 0 Å². The minimum Gasteiger partial charge on any atom is -0.326 e. The highest BCUT2D eigenvalue weighted by molar-refractivity contribution is 7.80. The third-order valence-corrected chi connectivity index (χ3v) is 4.64. The maximum absolute atomic E-state index is 12.3. The molecular weight excluding hydrogens is 412 g/mol. The number of hydrogen-bond acceptors (Lipinski definition) is 4. The Bertz CT molecular complexity index is 1100. The van der Waals surface area contributed by atoms with Crippen LogP contribution < -0.4 is 21.5 Å². The standard InChI is InChI=1S/C23H22N4O3S/c28-20(24-18-10-2-1-3-11-18)13-14-21(29)26-27-23(31)25-22(30)15-17-9-6-8-16-7-4-5-12-19(16)17/h1-12H,13-15H2,(H,24,28)(H,26,29)(H2,25,27,30,31). The number of carbonyl (C=O) groups excluding carboxylic acids is 3. The highest BCUT2D eigenvalue weighted by Gasteiger charge is 2.10. The molecule has 0 heterocycles. The van der Waals surface area contributed by atoms with E-state index in [-0.39, 0.29) is 36.2 Å². The fourth-order valence-electron chi connectivity index (χ4n) is 2.98. The number of para-hydroxylation sites is 1. The van der Waals surface area contributed by atoms with Crippen LogP contribution in [-0.2, 0) is 20.8 Å². The Morgan fingerprint density at radius 3 is 2.19 bits per heavy atom. The Balaban J connectivity index is 1.38. The molecule has 158 valence electrons. The number of amides is 3. The summed E-state index contributed by atoms with van der Waals surface area (Å²) >= 11 is 5.05. The number of carbonyl (C=O) groups is 3. The molecule has 0 saturated heterocycles. The third kappa shape index (κ3) is 6.90. The number of anilines is 1. The Hall–Kier alpha value is -3.78. The van der Waals surface area contributed by atoms with Crippen LogP contribution in [0.15, 0.2) is 72.8 Å². The summed E-state index contributed by atoms with van der Waals surface area (Å²) in [6, 6.07) is 22.6. The second-order valence-electron chi connectivity index (χ2n) is 6.78. The summed E-state index contributed by atoms with van der Waals surface area (Å²) in [6.07, 6.45) is 0.137. The summed E-state index contributed by atoms with van der Waals surface area (Å²) in [5, 5.41) is 7.27. The number of hydrogen-bond donors (Lipinski definition) is 4. The monoisotopic (exact) mass is 434 g/mol. The molecule has 3 rings (SSSR count). The van der Waals surface area contributed by atoms with Crippen LogP contribution in [0.3, 0.4) is 0 Å². The van der Waals surface area contributed by atoms with Gasteiger partial charge in [0, 0.05) is 18.5 Å². The number of nitrogens with one attached hydrogen (secondary N) is 4. The summed E-state index contributed by atoms with van der Waals surface area (Å²) in [6.45, 7) is 0. The average molecular weight is 435 g/mol. The maximum Gasteiger partial charge on any atom is 0.238 e. The van der Waals surface area contributed by atoms with Gasteiger partial charge in [-0.2, -0.15) is 0 Å². The smallest absolute Gasteiger partial charge is 0.238 e. The first kappa shape index (κ1) is 21.9. The molecule has 4 N–H and O–H groups in total. The van der Waals surface area contributed by atoms with Crippen molar-refractivity contribution < 1.29 is 14.4 Å². The Labute approximate surface area is 185 Å². The predicted octanol–water partition coefficient (Wildman–Crippen LogP) is 2.82. The van der Waals surface area contributed by atoms with E-state index in [1.165, 1.54) is 0 Å². The normalized spacial score (nSPS) is 10.2. The molecule has 3 aromatic carbocycles. The molecule has 0 aromatic heterocycles. The third-order valence-electron chi connectivity index (χ3n) is 4.44. The Morgan fingerprint density at radius 2 is 1.39 bits per heavy atom. The minimum atomic E-state index is -0.422. The van der Waals surface area contributed by atoms with Gasteiger partial charge in [0.1, 0.15) is 0 Å². The van der Waals surface area contributed by atoms with E-state index in [0.29, 0.717) is 5.69 Å². The van der Waals surface area contributed by atoms with Gasteiger partial charge in [0.2, 0.25) is 17.7 Å². The van der Waals surface area contributed by atoms with Crippen molar-refractivity contribution >= 4 is 51.5 Å². The van der Waals surface area contributed by atoms with Gasteiger partial charge in [-0.15, -0.1) is 0 Å². The van der Waals surface area contributed by atoms with Crippen LogP contribution in [0.1, 0.15) is 18.4 Å². The van der Waals surface area contributed by atoms with Crippen molar-refractivity contribution in [2.24, 2.45) is 0 Å². The van der Waals surface area contributed by atoms with Crippen molar-refractivity contribution in [3.8, 4) is 0 Å². The highest BCUT2D eigenvalue weighted by Crippen LogP contribution is 2.18. The lowest BCUT2D eigenvalue weighted by atomic mass is 10.0. The zero-order valence-corrected chi connectivity index (χ0v) is 17.5. The molecule has 31 heavy (non-hydrogen) atoms. The minimum absolute atomic E-state index is 0.0165. The lowest BCUT2D eigenvalue weighted by Crippen LogP contribution is -2.48. The van der Waals surface area contributed by atoms with E-state index in [1.54, 1.807) is 12.1 Å². The van der Waals surface area contributed by atoms with Gasteiger partial charge in [0.05, 0.1) is 6.42 Å². The molecule has 0 fully saturated rings. The van der Waals surface area contributed by atoms with Crippen LogP contribution in [0.25, 0.3) is 10.8 Å². The Morgan fingerprint density at radius 1 is 0.710 bits per heavy atom. The SMILES string of the molecule is O=C(CCC(=O)Nc1ccccc1)NNC(=S)NC(=O)Cc1cccc2ccccc12. The lowest BCUT2D eigenvalue weighted by Gasteiger charge is -2.11. The quantitative estimate of drug-likeness (QED) is 0.353. The molecule has 0 radical (unpaired) electrons. The first-order chi connectivity index (χ1) is 15.0. The molecule has 0 aliphatic rings. The summed E-state index contributed by atoms with van der Waals surface area (Å²) in [5.74, 6) is -0.994. The van der Waals surface area contributed by atoms with Crippen molar-refractivity contribution in [3.05, 3.63) is 78.4 Å². The van der Waals surface area contributed by atoms with Gasteiger partial charge >= 0.3 is 0 Å². The number of benzene rings is 3. The van der Waals surface area contributed by atoms with Crippen molar-refractivity contribution in [1.29, 1.82) is 0 Å². The van der Waals surface area contributed by atoms with Crippen LogP contribution in [-0.4, -0.2) is 22.8 Å². The number of hydrazine groups is 1. The van der Waals surface area contributed by atoms with E-state index in [9.17, 15) is 14.4 Å². The molecule has 0 aliphatic heterocycles. The van der Waals surface area contributed by atoms with Crippen LogP contribution in [0, 0.1) is 0 Å². The van der Waals surface area contributed by atoms with E-state index in [1.807, 2.05) is 60.7 Å². The molecule has 7 nitrogen and oxygen atoms in total. The number of rotatable bonds is 6. The topological polar surface area (TPSA) is 99.3 Å². The zero-order valence-electron chi connectivity index (χ0n) is 16.7. The van der Waals surface area contributed by atoms with Gasteiger partial charge in [0.15, 0.2) is 5.11 Å². The molecule has 0 unspecified atom stereocenters. The van der Waals surface area contributed by atoms with Crippen molar-refractivity contribution in [2.45, 2.75) is 19.3 Å². The molecule has 3 aromatic rings. The van der Waals surface area contributed by atoms with E-state index in [4.69, 9.17) is 12.2 Å². The summed E-state index contributed by atoms with van der Waals surface area (Å²) in [5.41, 5.74) is 6.40. The van der Waals surface area contributed by atoms with Crippen LogP contribution in [0.4, 0.5) is 5.69 Å². The van der Waals surface area contributed by atoms with Gasteiger partial charge in [-0.3, -0.25) is 25.2 Å². The molecule has 8 heteroatoms. The second kappa shape index (κ2) is 10.8. The molecule has 0 atom stereocenters.